The molecule has 0 saturated carbocycles. The minimum atomic E-state index is -0.620. The first-order chi connectivity index (χ1) is 19.3. The Morgan fingerprint density at radius 3 is 2.60 bits per heavy atom. The first-order valence-electron chi connectivity index (χ1n) is 13.3. The highest BCUT2D eigenvalue weighted by Crippen LogP contribution is 2.32. The van der Waals surface area contributed by atoms with Gasteiger partial charge in [0.2, 0.25) is 17.7 Å². The van der Waals surface area contributed by atoms with Crippen LogP contribution in [0, 0.1) is 12.7 Å². The van der Waals surface area contributed by atoms with Gasteiger partial charge in [-0.1, -0.05) is 0 Å². The summed E-state index contributed by atoms with van der Waals surface area (Å²) in [6, 6.07) is 5.91. The Morgan fingerprint density at radius 2 is 1.95 bits per heavy atom. The van der Waals surface area contributed by atoms with Gasteiger partial charge in [-0.2, -0.15) is 0 Å². The smallest absolute Gasteiger partial charge is 0.242 e. The fourth-order valence-corrected chi connectivity index (χ4v) is 5.25. The number of pyridine rings is 2. The standard InChI is InChI=1S/C27H31FN10O2/c1-15(2)38-16(3)32-25-21(38)9-20(33-26(25)40-4)24-19(28)13-31-27(35-24)34-22-6-5-17(12-30-22)37-8-7-36(14-23(37)39)18-10-29-11-18/h5-6,9,12-13,15,18,29H,7-8,10-11,14H2,1-4H3,(H,30,31,34,35). The third-order valence-electron chi connectivity index (χ3n) is 7.34. The number of imidazole rings is 1. The van der Waals surface area contributed by atoms with E-state index in [2.05, 4.69) is 54.3 Å². The maximum absolute atomic E-state index is 15.0. The molecule has 40 heavy (non-hydrogen) atoms. The molecule has 0 unspecified atom stereocenters. The van der Waals surface area contributed by atoms with Crippen LogP contribution < -0.4 is 20.3 Å². The number of carbonyl (C=O) groups is 1. The molecule has 6 heterocycles. The lowest BCUT2D eigenvalue weighted by Crippen LogP contribution is -2.63. The van der Waals surface area contributed by atoms with Crippen LogP contribution in [0.25, 0.3) is 22.4 Å². The first-order valence-corrected chi connectivity index (χ1v) is 13.3. The quantitative estimate of drug-likeness (QED) is 0.357. The van der Waals surface area contributed by atoms with Gasteiger partial charge >= 0.3 is 0 Å². The summed E-state index contributed by atoms with van der Waals surface area (Å²) >= 11 is 0. The number of aromatic nitrogens is 6. The Morgan fingerprint density at radius 1 is 1.12 bits per heavy atom. The van der Waals surface area contributed by atoms with E-state index in [1.165, 1.54) is 7.11 Å². The third-order valence-corrected chi connectivity index (χ3v) is 7.34. The maximum atomic E-state index is 15.0. The Hall–Kier alpha value is -4.23. The van der Waals surface area contributed by atoms with E-state index < -0.39 is 5.82 Å². The molecule has 2 N–H and O–H groups in total. The number of halogens is 1. The Labute approximate surface area is 230 Å². The molecule has 2 aliphatic rings. The highest BCUT2D eigenvalue weighted by Gasteiger charge is 2.32. The molecule has 6 rings (SSSR count). The minimum Gasteiger partial charge on any atom is -0.479 e. The number of amides is 1. The second-order valence-electron chi connectivity index (χ2n) is 10.3. The van der Waals surface area contributed by atoms with Gasteiger partial charge < -0.3 is 24.8 Å². The Balaban J connectivity index is 1.23. The van der Waals surface area contributed by atoms with Crippen LogP contribution in [0.15, 0.2) is 30.6 Å². The van der Waals surface area contributed by atoms with Crippen LogP contribution in [0.3, 0.4) is 0 Å². The number of ether oxygens (including phenoxy) is 1. The van der Waals surface area contributed by atoms with Gasteiger partial charge in [-0.15, -0.1) is 0 Å². The molecule has 0 spiro atoms. The molecular weight excluding hydrogens is 515 g/mol. The average Bonchev–Trinajstić information content (AvgIpc) is 3.25. The van der Waals surface area contributed by atoms with Crippen molar-refractivity contribution in [3.8, 4) is 17.3 Å². The van der Waals surface area contributed by atoms with Gasteiger partial charge in [-0.05, 0) is 39.0 Å². The van der Waals surface area contributed by atoms with Crippen LogP contribution >= 0.6 is 0 Å². The number of carbonyl (C=O) groups excluding carboxylic acids is 1. The number of nitrogens with zero attached hydrogens (tertiary/aromatic N) is 8. The molecule has 13 heteroatoms. The van der Waals surface area contributed by atoms with Crippen LogP contribution in [-0.4, -0.2) is 86.2 Å². The van der Waals surface area contributed by atoms with Gasteiger partial charge in [-0.3, -0.25) is 9.69 Å². The summed E-state index contributed by atoms with van der Waals surface area (Å²) in [5.74, 6) is 1.15. The van der Waals surface area contributed by atoms with E-state index in [0.717, 1.165) is 42.9 Å². The van der Waals surface area contributed by atoms with Crippen molar-refractivity contribution in [1.82, 2.24) is 39.7 Å². The summed E-state index contributed by atoms with van der Waals surface area (Å²) in [6.45, 7) is 9.72. The van der Waals surface area contributed by atoms with Crippen LogP contribution in [0.5, 0.6) is 5.88 Å². The number of piperazine rings is 1. The normalized spacial score (nSPS) is 16.6. The van der Waals surface area contributed by atoms with E-state index in [9.17, 15) is 9.18 Å². The molecule has 12 nitrogen and oxygen atoms in total. The monoisotopic (exact) mass is 546 g/mol. The van der Waals surface area contributed by atoms with Crippen LogP contribution in [-0.2, 0) is 4.79 Å². The second kappa shape index (κ2) is 10.4. The zero-order valence-electron chi connectivity index (χ0n) is 22.8. The van der Waals surface area contributed by atoms with Crippen LogP contribution in [0.2, 0.25) is 0 Å². The van der Waals surface area contributed by atoms with Gasteiger partial charge in [0, 0.05) is 38.3 Å². The molecule has 0 atom stereocenters. The first kappa shape index (κ1) is 26.0. The topological polar surface area (TPSA) is 126 Å². The lowest BCUT2D eigenvalue weighted by Gasteiger charge is -2.42. The highest BCUT2D eigenvalue weighted by molar-refractivity contribution is 5.95. The molecule has 208 valence electrons. The van der Waals surface area contributed by atoms with Crippen molar-refractivity contribution in [2.75, 3.05) is 50.1 Å². The van der Waals surface area contributed by atoms with Crippen LogP contribution in [0.1, 0.15) is 25.7 Å². The van der Waals surface area contributed by atoms with Crippen molar-refractivity contribution >= 4 is 34.4 Å². The molecule has 2 saturated heterocycles. The van der Waals surface area contributed by atoms with Gasteiger partial charge in [0.25, 0.3) is 0 Å². The zero-order chi connectivity index (χ0) is 28.0. The summed E-state index contributed by atoms with van der Waals surface area (Å²) in [5.41, 5.74) is 2.43. The molecule has 1 amide bonds. The molecule has 0 aliphatic carbocycles. The number of fused-ring (bicyclic) bond motifs is 1. The fourth-order valence-electron chi connectivity index (χ4n) is 5.25. The summed E-state index contributed by atoms with van der Waals surface area (Å²) in [6.07, 6.45) is 2.74. The van der Waals surface area contributed by atoms with E-state index in [1.54, 1.807) is 23.2 Å². The number of hydrogen-bond acceptors (Lipinski definition) is 10. The lowest BCUT2D eigenvalue weighted by molar-refractivity contribution is -0.122. The van der Waals surface area contributed by atoms with E-state index in [4.69, 9.17) is 4.74 Å². The Kier molecular flexibility index (Phi) is 6.76. The average molecular weight is 547 g/mol. The summed E-state index contributed by atoms with van der Waals surface area (Å²) in [7, 11) is 1.51. The molecule has 0 aromatic carbocycles. The third kappa shape index (κ3) is 4.71. The molecule has 2 fully saturated rings. The molecule has 0 radical (unpaired) electrons. The molecule has 2 aliphatic heterocycles. The van der Waals surface area contributed by atoms with E-state index in [0.29, 0.717) is 42.0 Å². The number of rotatable bonds is 7. The predicted octanol–water partition coefficient (Wildman–Crippen LogP) is 2.68. The van der Waals surface area contributed by atoms with Crippen molar-refractivity contribution < 1.29 is 13.9 Å². The van der Waals surface area contributed by atoms with Crippen molar-refractivity contribution in [3.05, 3.63) is 42.2 Å². The van der Waals surface area contributed by atoms with E-state index >= 15 is 0 Å². The summed E-state index contributed by atoms with van der Waals surface area (Å²) in [4.78, 5) is 38.8. The second-order valence-corrected chi connectivity index (χ2v) is 10.3. The summed E-state index contributed by atoms with van der Waals surface area (Å²) in [5, 5.41) is 6.27. The SMILES string of the molecule is COc1nc(-c2nc(Nc3ccc(N4CCN(C5CNC5)CC4=O)cn3)ncc2F)cc2c1nc(C)n2C(C)C. The highest BCUT2D eigenvalue weighted by atomic mass is 19.1. The molecule has 4 aromatic rings. The van der Waals surface area contributed by atoms with Crippen LogP contribution in [0.4, 0.5) is 21.8 Å². The molecule has 0 bridgehead atoms. The number of anilines is 3. The van der Waals surface area contributed by atoms with Crippen molar-refractivity contribution in [2.45, 2.75) is 32.9 Å². The molecule has 4 aromatic heterocycles. The number of nitrogens with one attached hydrogen (secondary N) is 2. The van der Waals surface area contributed by atoms with Crippen molar-refractivity contribution in [2.24, 2.45) is 0 Å². The maximum Gasteiger partial charge on any atom is 0.242 e. The van der Waals surface area contributed by atoms with E-state index in [1.807, 2.05) is 17.6 Å². The fraction of sp³-hybridized carbons (Fsp3) is 0.407. The van der Waals surface area contributed by atoms with Gasteiger partial charge in [0.05, 0.1) is 42.9 Å². The number of hydrogen-bond donors (Lipinski definition) is 2. The zero-order valence-corrected chi connectivity index (χ0v) is 22.8. The van der Waals surface area contributed by atoms with Crippen molar-refractivity contribution in [3.63, 3.8) is 0 Å². The predicted molar refractivity (Wildman–Crippen MR) is 148 cm³/mol. The van der Waals surface area contributed by atoms with Gasteiger partial charge in [0.1, 0.15) is 17.3 Å². The lowest BCUT2D eigenvalue weighted by atomic mass is 10.1. The molecular formula is C27H31FN10O2. The summed E-state index contributed by atoms with van der Waals surface area (Å²) < 4.78 is 22.5. The number of aryl methyl sites for hydroxylation is 1. The Bertz CT molecular complexity index is 1570. The van der Waals surface area contributed by atoms with Gasteiger partial charge in [-0.25, -0.2) is 29.3 Å². The number of methoxy groups -OCH3 is 1. The largest absolute Gasteiger partial charge is 0.479 e. The van der Waals surface area contributed by atoms with E-state index in [-0.39, 0.29) is 23.6 Å². The van der Waals surface area contributed by atoms with Crippen molar-refractivity contribution in [1.29, 1.82) is 0 Å². The minimum absolute atomic E-state index is 0.0219. The van der Waals surface area contributed by atoms with Gasteiger partial charge in [0.15, 0.2) is 11.3 Å².